The molecule has 21 heavy (non-hydrogen) atoms. The Hall–Kier alpha value is -0.450. The molecule has 1 aromatic heterocycles. The highest BCUT2D eigenvalue weighted by Gasteiger charge is 2.44. The van der Waals surface area contributed by atoms with Crippen LogP contribution in [0.4, 0.5) is 0 Å². The van der Waals surface area contributed by atoms with Gasteiger partial charge in [0.2, 0.25) is 0 Å². The Labute approximate surface area is 133 Å². The lowest BCUT2D eigenvalue weighted by molar-refractivity contribution is -0.0161. The highest BCUT2D eigenvalue weighted by molar-refractivity contribution is 7.11. The molecule has 118 valence electrons. The van der Waals surface area contributed by atoms with E-state index in [1.165, 1.54) is 47.7 Å². The van der Waals surface area contributed by atoms with Crippen LogP contribution in [0.5, 0.6) is 0 Å². The molecule has 3 rings (SSSR count). The lowest BCUT2D eigenvalue weighted by atomic mass is 9.77. The molecule has 1 saturated carbocycles. The molecule has 0 unspecified atom stereocenters. The Bertz CT molecular complexity index is 481. The van der Waals surface area contributed by atoms with E-state index in [1.807, 2.05) is 11.3 Å². The van der Waals surface area contributed by atoms with Gasteiger partial charge in [0.15, 0.2) is 0 Å². The number of nitrogens with zero attached hydrogens (tertiary/aromatic N) is 2. The molecule has 1 aromatic rings. The van der Waals surface area contributed by atoms with E-state index in [9.17, 15) is 0 Å². The smallest absolute Gasteiger partial charge is 0.107 e. The fraction of sp³-hybridized carbons (Fsp3) is 0.824. The normalized spacial score (nSPS) is 25.3. The first-order chi connectivity index (χ1) is 9.90. The van der Waals surface area contributed by atoms with E-state index in [1.54, 1.807) is 0 Å². The number of piperazine rings is 1. The van der Waals surface area contributed by atoms with Crippen LogP contribution in [0.25, 0.3) is 0 Å². The standard InChI is InChI=1S/C17H29N3S/c1-13-14(2)21-15(19-13)10-20-12-16(3,4)18-11-17(20)8-6-5-7-9-17/h18H,5-12H2,1-4H3. The van der Waals surface area contributed by atoms with E-state index in [2.05, 4.69) is 37.9 Å². The second-order valence-corrected chi connectivity index (χ2v) is 8.92. The van der Waals surface area contributed by atoms with Crippen molar-refractivity contribution in [2.24, 2.45) is 0 Å². The molecule has 3 nitrogen and oxygen atoms in total. The molecule has 1 aliphatic heterocycles. The summed E-state index contributed by atoms with van der Waals surface area (Å²) in [6.07, 6.45) is 6.87. The van der Waals surface area contributed by atoms with Crippen molar-refractivity contribution in [1.29, 1.82) is 0 Å². The molecule has 0 atom stereocenters. The highest BCUT2D eigenvalue weighted by atomic mass is 32.1. The molecule has 0 radical (unpaired) electrons. The SMILES string of the molecule is Cc1nc(CN2CC(C)(C)NCC23CCCCC3)sc1C. The van der Waals surface area contributed by atoms with Crippen molar-refractivity contribution < 1.29 is 0 Å². The average Bonchev–Trinajstić information content (AvgIpc) is 2.74. The molecule has 2 aliphatic rings. The van der Waals surface area contributed by atoms with Gasteiger partial charge < -0.3 is 5.32 Å². The zero-order valence-corrected chi connectivity index (χ0v) is 14.8. The van der Waals surface area contributed by atoms with Gasteiger partial charge in [-0.2, -0.15) is 0 Å². The molecule has 4 heteroatoms. The Balaban J connectivity index is 1.82. The van der Waals surface area contributed by atoms with Crippen molar-refractivity contribution >= 4 is 11.3 Å². The average molecular weight is 308 g/mol. The number of nitrogens with one attached hydrogen (secondary N) is 1. The Morgan fingerprint density at radius 3 is 2.52 bits per heavy atom. The van der Waals surface area contributed by atoms with Gasteiger partial charge in [-0.15, -0.1) is 11.3 Å². The first kappa shape index (κ1) is 15.4. The monoisotopic (exact) mass is 307 g/mol. The second kappa shape index (κ2) is 5.64. The molecular formula is C17H29N3S. The molecule has 0 aromatic carbocycles. The van der Waals surface area contributed by atoms with Crippen LogP contribution in [0, 0.1) is 13.8 Å². The largest absolute Gasteiger partial charge is 0.309 e. The zero-order chi connectivity index (χ0) is 15.1. The van der Waals surface area contributed by atoms with Gasteiger partial charge in [-0.1, -0.05) is 19.3 Å². The second-order valence-electron chi connectivity index (χ2n) is 7.63. The van der Waals surface area contributed by atoms with E-state index < -0.39 is 0 Å². The Kier molecular flexibility index (Phi) is 4.15. The van der Waals surface area contributed by atoms with Gasteiger partial charge >= 0.3 is 0 Å². The molecular weight excluding hydrogens is 278 g/mol. The lowest BCUT2D eigenvalue weighted by Gasteiger charge is -2.54. The van der Waals surface area contributed by atoms with Gasteiger partial charge in [0.1, 0.15) is 5.01 Å². The molecule has 1 aliphatic carbocycles. The van der Waals surface area contributed by atoms with Gasteiger partial charge in [-0.05, 0) is 40.5 Å². The summed E-state index contributed by atoms with van der Waals surface area (Å²) >= 11 is 1.88. The highest BCUT2D eigenvalue weighted by Crippen LogP contribution is 2.38. The lowest BCUT2D eigenvalue weighted by Crippen LogP contribution is -2.68. The predicted molar refractivity (Wildman–Crippen MR) is 89.9 cm³/mol. The van der Waals surface area contributed by atoms with Crippen molar-refractivity contribution in [3.05, 3.63) is 15.6 Å². The molecule has 1 N–H and O–H groups in total. The van der Waals surface area contributed by atoms with Crippen molar-refractivity contribution in [2.45, 2.75) is 77.4 Å². The third-order valence-electron chi connectivity index (χ3n) is 5.34. The molecule has 0 bridgehead atoms. The summed E-state index contributed by atoms with van der Waals surface area (Å²) in [5.41, 5.74) is 1.80. The van der Waals surface area contributed by atoms with Crippen molar-refractivity contribution in [2.75, 3.05) is 13.1 Å². The van der Waals surface area contributed by atoms with Crippen molar-refractivity contribution in [3.8, 4) is 0 Å². The van der Waals surface area contributed by atoms with Crippen LogP contribution >= 0.6 is 11.3 Å². The van der Waals surface area contributed by atoms with E-state index in [0.29, 0.717) is 5.54 Å². The van der Waals surface area contributed by atoms with Crippen LogP contribution in [0.3, 0.4) is 0 Å². The maximum Gasteiger partial charge on any atom is 0.107 e. The van der Waals surface area contributed by atoms with Gasteiger partial charge in [0.05, 0.1) is 12.2 Å². The molecule has 1 saturated heterocycles. The van der Waals surface area contributed by atoms with E-state index >= 15 is 0 Å². The van der Waals surface area contributed by atoms with Crippen LogP contribution < -0.4 is 5.32 Å². The zero-order valence-electron chi connectivity index (χ0n) is 14.0. The maximum absolute atomic E-state index is 4.79. The number of thiazole rings is 1. The van der Waals surface area contributed by atoms with E-state index in [-0.39, 0.29) is 5.54 Å². The third kappa shape index (κ3) is 3.17. The summed E-state index contributed by atoms with van der Waals surface area (Å²) in [6, 6.07) is 0. The minimum Gasteiger partial charge on any atom is -0.309 e. The Morgan fingerprint density at radius 2 is 1.90 bits per heavy atom. The quantitative estimate of drug-likeness (QED) is 0.904. The summed E-state index contributed by atoms with van der Waals surface area (Å²) in [5.74, 6) is 0. The molecule has 2 heterocycles. The summed E-state index contributed by atoms with van der Waals surface area (Å²) in [4.78, 5) is 8.91. The fourth-order valence-corrected chi connectivity index (χ4v) is 4.86. The Morgan fingerprint density at radius 1 is 1.19 bits per heavy atom. The number of aryl methyl sites for hydroxylation is 2. The minimum absolute atomic E-state index is 0.212. The van der Waals surface area contributed by atoms with E-state index in [0.717, 1.165) is 19.6 Å². The number of hydrogen-bond acceptors (Lipinski definition) is 4. The number of aromatic nitrogens is 1. The summed E-state index contributed by atoms with van der Waals surface area (Å²) in [5, 5.41) is 5.09. The molecule has 0 amide bonds. The van der Waals surface area contributed by atoms with Crippen LogP contribution in [-0.2, 0) is 6.54 Å². The first-order valence-electron chi connectivity index (χ1n) is 8.33. The summed E-state index contributed by atoms with van der Waals surface area (Å²) in [6.45, 7) is 12.3. The van der Waals surface area contributed by atoms with Crippen LogP contribution in [0.15, 0.2) is 0 Å². The van der Waals surface area contributed by atoms with Crippen molar-refractivity contribution in [1.82, 2.24) is 15.2 Å². The van der Waals surface area contributed by atoms with Crippen molar-refractivity contribution in [3.63, 3.8) is 0 Å². The maximum atomic E-state index is 4.79. The minimum atomic E-state index is 0.212. The van der Waals surface area contributed by atoms with E-state index in [4.69, 9.17) is 4.98 Å². The van der Waals surface area contributed by atoms with Crippen LogP contribution in [0.1, 0.15) is 61.5 Å². The molecule has 1 spiro atoms. The predicted octanol–water partition coefficient (Wildman–Crippen LogP) is 3.65. The number of hydrogen-bond donors (Lipinski definition) is 1. The van der Waals surface area contributed by atoms with Gasteiger partial charge in [0, 0.05) is 29.0 Å². The van der Waals surface area contributed by atoms with Gasteiger partial charge in [-0.3, -0.25) is 4.90 Å². The first-order valence-corrected chi connectivity index (χ1v) is 9.15. The van der Waals surface area contributed by atoms with Crippen LogP contribution in [-0.4, -0.2) is 34.1 Å². The van der Waals surface area contributed by atoms with Crippen LogP contribution in [0.2, 0.25) is 0 Å². The summed E-state index contributed by atoms with van der Waals surface area (Å²) in [7, 11) is 0. The third-order valence-corrected chi connectivity index (χ3v) is 6.39. The summed E-state index contributed by atoms with van der Waals surface area (Å²) < 4.78 is 0. The topological polar surface area (TPSA) is 28.2 Å². The molecule has 2 fully saturated rings. The van der Waals surface area contributed by atoms with Gasteiger partial charge in [-0.25, -0.2) is 4.98 Å². The number of rotatable bonds is 2. The fourth-order valence-electron chi connectivity index (χ4n) is 3.91. The van der Waals surface area contributed by atoms with Gasteiger partial charge in [0.25, 0.3) is 0 Å².